The van der Waals surface area contributed by atoms with Gasteiger partial charge in [0.2, 0.25) is 5.88 Å². The summed E-state index contributed by atoms with van der Waals surface area (Å²) in [6.07, 6.45) is 0.714. The predicted molar refractivity (Wildman–Crippen MR) is 99.9 cm³/mol. The molecule has 0 atom stereocenters. The molecule has 0 unspecified atom stereocenters. The summed E-state index contributed by atoms with van der Waals surface area (Å²) >= 11 is 0. The van der Waals surface area contributed by atoms with Gasteiger partial charge in [-0.25, -0.2) is 0 Å². The normalized spacial score (nSPS) is 11.6. The number of H-pyrrole nitrogens is 1. The van der Waals surface area contributed by atoms with E-state index in [1.165, 1.54) is 0 Å². The number of fused-ring (bicyclic) bond motifs is 2. The Labute approximate surface area is 149 Å². The van der Waals surface area contributed by atoms with E-state index in [1.54, 1.807) is 12.1 Å². The van der Waals surface area contributed by atoms with Gasteiger partial charge in [-0.15, -0.1) is 10.2 Å². The van der Waals surface area contributed by atoms with Gasteiger partial charge < -0.3 is 10.1 Å². The summed E-state index contributed by atoms with van der Waals surface area (Å²) in [6.45, 7) is 1.98. The van der Waals surface area contributed by atoms with Crippen molar-refractivity contribution in [2.24, 2.45) is 10.2 Å². The fourth-order valence-corrected chi connectivity index (χ4v) is 2.95. The first-order valence-electron chi connectivity index (χ1n) is 8.31. The Morgan fingerprint density at radius 2 is 1.85 bits per heavy atom. The third-order valence-corrected chi connectivity index (χ3v) is 4.26. The maximum absolute atomic E-state index is 12.7. The molecule has 2 aromatic heterocycles. The molecule has 6 heteroatoms. The first-order valence-corrected chi connectivity index (χ1v) is 8.31. The summed E-state index contributed by atoms with van der Waals surface area (Å²) in [6, 6.07) is 16.5. The average molecular weight is 344 g/mol. The van der Waals surface area contributed by atoms with Crippen molar-refractivity contribution in [1.29, 1.82) is 0 Å². The number of pyridine rings is 1. The molecule has 0 radical (unpaired) electrons. The quantitative estimate of drug-likeness (QED) is 0.517. The highest BCUT2D eigenvalue weighted by atomic mass is 16.3. The molecule has 0 aliphatic carbocycles. The number of rotatable bonds is 3. The van der Waals surface area contributed by atoms with Crippen LogP contribution in [0.4, 0.5) is 5.69 Å². The van der Waals surface area contributed by atoms with Crippen LogP contribution in [0.3, 0.4) is 0 Å². The summed E-state index contributed by atoms with van der Waals surface area (Å²) in [5.74, 6) is -0.584. The molecule has 0 bridgehead atoms. The maximum atomic E-state index is 12.7. The average Bonchev–Trinajstić information content (AvgIpc) is 3.00. The monoisotopic (exact) mass is 344 g/mol. The van der Waals surface area contributed by atoms with Crippen LogP contribution in [0.5, 0.6) is 5.88 Å². The number of para-hydroxylation sites is 2. The van der Waals surface area contributed by atoms with Crippen LogP contribution in [0.1, 0.15) is 23.0 Å². The lowest BCUT2D eigenvalue weighted by atomic mass is 10.1. The van der Waals surface area contributed by atoms with Crippen LogP contribution in [0.15, 0.2) is 64.8 Å². The third kappa shape index (κ3) is 2.71. The van der Waals surface area contributed by atoms with Crippen LogP contribution in [0, 0.1) is 0 Å². The summed E-state index contributed by atoms with van der Waals surface area (Å²) in [7, 11) is 0. The Kier molecular flexibility index (Phi) is 3.93. The van der Waals surface area contributed by atoms with E-state index in [0.717, 1.165) is 22.1 Å². The minimum atomic E-state index is -0.469. The highest BCUT2D eigenvalue weighted by molar-refractivity contribution is 6.06. The highest BCUT2D eigenvalue weighted by Crippen LogP contribution is 2.35. The van der Waals surface area contributed by atoms with Gasteiger partial charge in [-0.2, -0.15) is 0 Å². The Morgan fingerprint density at radius 3 is 2.65 bits per heavy atom. The van der Waals surface area contributed by atoms with Gasteiger partial charge in [0.05, 0.1) is 16.6 Å². The molecular formula is C20H16N4O2. The fraction of sp³-hybridized carbons (Fsp3) is 0.100. The Bertz CT molecular complexity index is 1160. The number of benzene rings is 2. The largest absolute Gasteiger partial charge is 0.493 e. The van der Waals surface area contributed by atoms with E-state index in [2.05, 4.69) is 20.2 Å². The van der Waals surface area contributed by atoms with E-state index in [1.807, 2.05) is 49.4 Å². The molecule has 2 heterocycles. The molecule has 0 fully saturated rings. The molecule has 128 valence electrons. The number of aromatic nitrogens is 2. The van der Waals surface area contributed by atoms with Crippen molar-refractivity contribution < 1.29 is 9.90 Å². The van der Waals surface area contributed by atoms with Gasteiger partial charge in [-0.05, 0) is 24.6 Å². The number of nitrogens with one attached hydrogen (secondary N) is 1. The number of amides is 1. The molecule has 6 nitrogen and oxygen atoms in total. The van der Waals surface area contributed by atoms with E-state index >= 15 is 0 Å². The lowest BCUT2D eigenvalue weighted by Gasteiger charge is -2.05. The molecule has 0 saturated heterocycles. The number of hydrogen-bond donors (Lipinski definition) is 2. The van der Waals surface area contributed by atoms with Gasteiger partial charge in [0, 0.05) is 16.5 Å². The van der Waals surface area contributed by atoms with Crippen LogP contribution >= 0.6 is 0 Å². The lowest BCUT2D eigenvalue weighted by molar-refractivity contribution is 0.0996. The first kappa shape index (κ1) is 16.0. The first-order chi connectivity index (χ1) is 12.7. The van der Waals surface area contributed by atoms with Crippen molar-refractivity contribution in [3.05, 3.63) is 65.9 Å². The predicted octanol–water partition coefficient (Wildman–Crippen LogP) is 4.91. The Hall–Kier alpha value is -3.54. The second kappa shape index (κ2) is 6.40. The van der Waals surface area contributed by atoms with Gasteiger partial charge in [-0.1, -0.05) is 43.3 Å². The van der Waals surface area contributed by atoms with Crippen LogP contribution in [0.25, 0.3) is 21.8 Å². The van der Waals surface area contributed by atoms with Gasteiger partial charge in [-0.3, -0.25) is 9.78 Å². The zero-order chi connectivity index (χ0) is 18.1. The molecule has 0 saturated carbocycles. The van der Waals surface area contributed by atoms with E-state index in [0.29, 0.717) is 17.4 Å². The molecular weight excluding hydrogens is 328 g/mol. The standard InChI is InChI=1S/C20H16N4O2/c1-2-12-11-15(13-7-3-5-9-16(13)21-12)19(25)24-23-18-14-8-4-6-10-17(14)22-20(18)26/h3-11,22,26H,2H2,1H3. The zero-order valence-corrected chi connectivity index (χ0v) is 14.1. The lowest BCUT2D eigenvalue weighted by Crippen LogP contribution is -2.00. The number of carbonyl (C=O) groups is 1. The van der Waals surface area contributed by atoms with Crippen LogP contribution in [-0.2, 0) is 6.42 Å². The minimum Gasteiger partial charge on any atom is -0.493 e. The Balaban J connectivity index is 1.78. The molecule has 2 N–H and O–H groups in total. The number of nitrogens with zero attached hydrogens (tertiary/aromatic N) is 3. The number of azo groups is 1. The topological polar surface area (TPSA) is 90.7 Å². The van der Waals surface area contributed by atoms with Crippen molar-refractivity contribution in [3.63, 3.8) is 0 Å². The van der Waals surface area contributed by atoms with E-state index in [9.17, 15) is 9.90 Å². The fourth-order valence-electron chi connectivity index (χ4n) is 2.95. The van der Waals surface area contributed by atoms with Gasteiger partial charge in [0.1, 0.15) is 0 Å². The van der Waals surface area contributed by atoms with E-state index < -0.39 is 5.91 Å². The summed E-state index contributed by atoms with van der Waals surface area (Å²) in [5.41, 5.74) is 3.00. The number of aryl methyl sites for hydroxylation is 1. The summed E-state index contributed by atoms with van der Waals surface area (Å²) < 4.78 is 0. The molecule has 4 rings (SSSR count). The van der Waals surface area contributed by atoms with Gasteiger partial charge in [0.25, 0.3) is 5.91 Å². The molecule has 2 aromatic carbocycles. The summed E-state index contributed by atoms with van der Waals surface area (Å²) in [4.78, 5) is 20.0. The number of hydrogen-bond acceptors (Lipinski definition) is 4. The molecule has 0 spiro atoms. The van der Waals surface area contributed by atoms with Crippen molar-refractivity contribution in [3.8, 4) is 5.88 Å². The Morgan fingerprint density at radius 1 is 1.12 bits per heavy atom. The van der Waals surface area contributed by atoms with Crippen molar-refractivity contribution in [1.82, 2.24) is 9.97 Å². The number of carbonyl (C=O) groups excluding carboxylic acids is 1. The van der Waals surface area contributed by atoms with Crippen LogP contribution < -0.4 is 0 Å². The zero-order valence-electron chi connectivity index (χ0n) is 14.1. The smallest absolute Gasteiger partial charge is 0.296 e. The van der Waals surface area contributed by atoms with Gasteiger partial charge in [0.15, 0.2) is 5.69 Å². The molecule has 0 aliphatic rings. The van der Waals surface area contributed by atoms with E-state index in [4.69, 9.17) is 0 Å². The van der Waals surface area contributed by atoms with Crippen molar-refractivity contribution >= 4 is 33.4 Å². The number of aromatic amines is 1. The summed E-state index contributed by atoms with van der Waals surface area (Å²) in [5, 5.41) is 19.3. The molecule has 0 aliphatic heterocycles. The molecule has 4 aromatic rings. The third-order valence-electron chi connectivity index (χ3n) is 4.26. The number of aromatic hydroxyl groups is 1. The highest BCUT2D eigenvalue weighted by Gasteiger charge is 2.14. The maximum Gasteiger partial charge on any atom is 0.296 e. The van der Waals surface area contributed by atoms with Crippen molar-refractivity contribution in [2.75, 3.05) is 0 Å². The van der Waals surface area contributed by atoms with Crippen LogP contribution in [-0.4, -0.2) is 21.0 Å². The van der Waals surface area contributed by atoms with Crippen LogP contribution in [0.2, 0.25) is 0 Å². The van der Waals surface area contributed by atoms with Crippen molar-refractivity contribution in [2.45, 2.75) is 13.3 Å². The minimum absolute atomic E-state index is 0.114. The van der Waals surface area contributed by atoms with Gasteiger partial charge >= 0.3 is 0 Å². The SMILES string of the molecule is CCc1cc(C(=O)N=Nc2c(O)[nH]c3ccccc23)c2ccccc2n1. The molecule has 26 heavy (non-hydrogen) atoms. The van der Waals surface area contributed by atoms with E-state index in [-0.39, 0.29) is 11.6 Å². The second-order valence-electron chi connectivity index (χ2n) is 5.90. The second-order valence-corrected chi connectivity index (χ2v) is 5.90. The molecule has 1 amide bonds.